The number of hydrogen-bond donors (Lipinski definition) is 0. The molecule has 0 amide bonds. The lowest BCUT2D eigenvalue weighted by Gasteiger charge is -2.38. The number of rotatable bonds is 0. The first-order valence-corrected chi connectivity index (χ1v) is 9.59. The maximum Gasteiger partial charge on any atom is 0.175 e. The molecule has 3 heterocycles. The van der Waals surface area contributed by atoms with E-state index in [9.17, 15) is 0 Å². The van der Waals surface area contributed by atoms with Gasteiger partial charge in [0.25, 0.3) is 0 Å². The summed E-state index contributed by atoms with van der Waals surface area (Å²) in [4.78, 5) is 0. The standard InChI is InChI=1S/C17H18O2S2/c1-2-19-17(18-1)15-3-11-7-20-8-12(11)5-16(17)6-14-10-21-9-13(14)4-15/h7-10,15-16H,1-6H2. The van der Waals surface area contributed by atoms with Crippen molar-refractivity contribution in [1.29, 1.82) is 0 Å². The summed E-state index contributed by atoms with van der Waals surface area (Å²) in [7, 11) is 0. The summed E-state index contributed by atoms with van der Waals surface area (Å²) in [5, 5.41) is 9.35. The second-order valence-corrected chi connectivity index (χ2v) is 7.96. The van der Waals surface area contributed by atoms with Crippen molar-refractivity contribution in [3.05, 3.63) is 43.8 Å². The molecule has 2 bridgehead atoms. The van der Waals surface area contributed by atoms with Gasteiger partial charge in [-0.05, 0) is 69.5 Å². The van der Waals surface area contributed by atoms with E-state index in [4.69, 9.17) is 9.47 Å². The highest BCUT2D eigenvalue weighted by molar-refractivity contribution is 7.08. The Kier molecular flexibility index (Phi) is 2.84. The summed E-state index contributed by atoms with van der Waals surface area (Å²) in [5.74, 6) is 0.571. The van der Waals surface area contributed by atoms with Gasteiger partial charge in [0.05, 0.1) is 13.2 Å². The van der Waals surface area contributed by atoms with Gasteiger partial charge in [0, 0.05) is 11.8 Å². The Labute approximate surface area is 132 Å². The smallest absolute Gasteiger partial charge is 0.175 e. The van der Waals surface area contributed by atoms with Gasteiger partial charge in [-0.2, -0.15) is 22.7 Å². The van der Waals surface area contributed by atoms with Crippen LogP contribution in [0.15, 0.2) is 21.5 Å². The summed E-state index contributed by atoms with van der Waals surface area (Å²) in [6.07, 6.45) is 4.41. The number of fused-ring (bicyclic) bond motifs is 2. The van der Waals surface area contributed by atoms with E-state index in [1.807, 2.05) is 22.7 Å². The average molecular weight is 318 g/mol. The minimum absolute atomic E-state index is 0.340. The average Bonchev–Trinajstić information content (AvgIpc) is 3.18. The molecule has 0 saturated carbocycles. The Bertz CT molecular complexity index is 573. The van der Waals surface area contributed by atoms with Crippen molar-refractivity contribution in [1.82, 2.24) is 0 Å². The Morgan fingerprint density at radius 3 is 1.48 bits per heavy atom. The van der Waals surface area contributed by atoms with Gasteiger partial charge < -0.3 is 9.47 Å². The quantitative estimate of drug-likeness (QED) is 0.738. The van der Waals surface area contributed by atoms with Gasteiger partial charge in [0.15, 0.2) is 5.79 Å². The second-order valence-electron chi connectivity index (χ2n) is 6.47. The molecule has 3 aliphatic rings. The molecule has 4 heteroatoms. The fourth-order valence-corrected chi connectivity index (χ4v) is 6.22. The molecular weight excluding hydrogens is 300 g/mol. The predicted octanol–water partition coefficient (Wildman–Crippen LogP) is 3.68. The third-order valence-corrected chi connectivity index (χ3v) is 7.09. The normalized spacial score (nSPS) is 29.7. The topological polar surface area (TPSA) is 18.5 Å². The van der Waals surface area contributed by atoms with E-state index in [1.165, 1.54) is 22.3 Å². The Morgan fingerprint density at radius 2 is 1.10 bits per heavy atom. The molecule has 5 rings (SSSR count). The van der Waals surface area contributed by atoms with E-state index in [0.29, 0.717) is 11.8 Å². The molecule has 2 aromatic rings. The van der Waals surface area contributed by atoms with Crippen molar-refractivity contribution < 1.29 is 9.47 Å². The highest BCUT2D eigenvalue weighted by atomic mass is 32.1. The fraction of sp³-hybridized carbons (Fsp3) is 0.529. The highest BCUT2D eigenvalue weighted by Crippen LogP contribution is 2.48. The molecular formula is C17H18O2S2. The molecule has 1 spiro atoms. The number of thiophene rings is 2. The lowest BCUT2D eigenvalue weighted by Crippen LogP contribution is -2.47. The Balaban J connectivity index is 1.66. The monoisotopic (exact) mass is 318 g/mol. The van der Waals surface area contributed by atoms with Crippen LogP contribution in [0.4, 0.5) is 0 Å². The Morgan fingerprint density at radius 1 is 0.714 bits per heavy atom. The van der Waals surface area contributed by atoms with Crippen LogP contribution in [0.25, 0.3) is 0 Å². The number of ether oxygens (including phenoxy) is 2. The van der Waals surface area contributed by atoms with Gasteiger partial charge in [-0.15, -0.1) is 0 Å². The van der Waals surface area contributed by atoms with Crippen LogP contribution in [0.2, 0.25) is 0 Å². The minimum atomic E-state index is -0.340. The molecule has 1 fully saturated rings. The van der Waals surface area contributed by atoms with Crippen LogP contribution in [-0.2, 0) is 35.2 Å². The second kappa shape index (κ2) is 4.66. The molecule has 0 atom stereocenters. The molecule has 0 unspecified atom stereocenters. The summed E-state index contributed by atoms with van der Waals surface area (Å²) in [6.45, 7) is 1.51. The van der Waals surface area contributed by atoms with Crippen LogP contribution in [0.1, 0.15) is 22.3 Å². The Hall–Kier alpha value is -0.680. The minimum Gasteiger partial charge on any atom is -0.347 e. The third-order valence-electron chi connectivity index (χ3n) is 5.41. The molecule has 2 aliphatic carbocycles. The third kappa shape index (κ3) is 1.83. The zero-order valence-corrected chi connectivity index (χ0v) is 13.5. The first kappa shape index (κ1) is 12.8. The highest BCUT2D eigenvalue weighted by Gasteiger charge is 2.53. The van der Waals surface area contributed by atoms with Crippen LogP contribution >= 0.6 is 22.7 Å². The van der Waals surface area contributed by atoms with Crippen molar-refractivity contribution >= 4 is 22.7 Å². The molecule has 1 aliphatic heterocycles. The van der Waals surface area contributed by atoms with E-state index in [2.05, 4.69) is 21.5 Å². The van der Waals surface area contributed by atoms with Gasteiger partial charge in [0.2, 0.25) is 0 Å². The zero-order valence-electron chi connectivity index (χ0n) is 11.8. The van der Waals surface area contributed by atoms with Crippen molar-refractivity contribution in [2.45, 2.75) is 31.5 Å². The summed E-state index contributed by atoms with van der Waals surface area (Å²) < 4.78 is 12.6. The van der Waals surface area contributed by atoms with Crippen molar-refractivity contribution in [3.63, 3.8) is 0 Å². The van der Waals surface area contributed by atoms with Crippen LogP contribution in [-0.4, -0.2) is 19.0 Å². The molecule has 0 radical (unpaired) electrons. The lowest BCUT2D eigenvalue weighted by atomic mass is 9.83. The first-order chi connectivity index (χ1) is 10.4. The van der Waals surface area contributed by atoms with Crippen molar-refractivity contribution in [3.8, 4) is 0 Å². The van der Waals surface area contributed by atoms with Crippen molar-refractivity contribution in [2.75, 3.05) is 13.2 Å². The fourth-order valence-electron chi connectivity index (χ4n) is 4.44. The molecule has 0 N–H and O–H groups in total. The predicted molar refractivity (Wildman–Crippen MR) is 85.1 cm³/mol. The van der Waals surface area contributed by atoms with E-state index in [0.717, 1.165) is 38.9 Å². The van der Waals surface area contributed by atoms with Gasteiger partial charge in [-0.1, -0.05) is 0 Å². The molecule has 2 nitrogen and oxygen atoms in total. The van der Waals surface area contributed by atoms with Crippen LogP contribution < -0.4 is 0 Å². The maximum absolute atomic E-state index is 6.29. The molecule has 2 aromatic heterocycles. The van der Waals surface area contributed by atoms with Gasteiger partial charge in [-0.25, -0.2) is 0 Å². The van der Waals surface area contributed by atoms with E-state index >= 15 is 0 Å². The maximum atomic E-state index is 6.29. The SMILES string of the molecule is c1scc2c1CC1Cc3cscc3CC(C2)C12OCCO2. The van der Waals surface area contributed by atoms with Crippen molar-refractivity contribution in [2.24, 2.45) is 11.8 Å². The van der Waals surface area contributed by atoms with E-state index in [-0.39, 0.29) is 5.79 Å². The summed E-state index contributed by atoms with van der Waals surface area (Å²) in [6, 6.07) is 0. The van der Waals surface area contributed by atoms with E-state index < -0.39 is 0 Å². The molecule has 0 aromatic carbocycles. The summed E-state index contributed by atoms with van der Waals surface area (Å²) >= 11 is 3.69. The molecule has 110 valence electrons. The number of hydrogen-bond acceptors (Lipinski definition) is 4. The first-order valence-electron chi connectivity index (χ1n) is 7.71. The van der Waals surface area contributed by atoms with Crippen LogP contribution in [0.5, 0.6) is 0 Å². The van der Waals surface area contributed by atoms with Gasteiger partial charge >= 0.3 is 0 Å². The molecule has 1 saturated heterocycles. The largest absolute Gasteiger partial charge is 0.347 e. The summed E-state index contributed by atoms with van der Waals surface area (Å²) in [5.41, 5.74) is 6.13. The van der Waals surface area contributed by atoms with Crippen LogP contribution in [0, 0.1) is 11.8 Å². The van der Waals surface area contributed by atoms with E-state index in [1.54, 1.807) is 0 Å². The van der Waals surface area contributed by atoms with Gasteiger partial charge in [-0.3, -0.25) is 0 Å². The van der Waals surface area contributed by atoms with Crippen LogP contribution in [0.3, 0.4) is 0 Å². The lowest BCUT2D eigenvalue weighted by molar-refractivity contribution is -0.227. The molecule has 21 heavy (non-hydrogen) atoms. The van der Waals surface area contributed by atoms with Gasteiger partial charge in [0.1, 0.15) is 0 Å². The zero-order chi connectivity index (χ0) is 13.9.